The first-order chi connectivity index (χ1) is 12.5. The lowest BCUT2D eigenvalue weighted by Crippen LogP contribution is -2.51. The lowest BCUT2D eigenvalue weighted by atomic mass is 10.2. The van der Waals surface area contributed by atoms with Gasteiger partial charge in [-0.05, 0) is 17.7 Å². The van der Waals surface area contributed by atoms with E-state index < -0.39 is 23.4 Å². The van der Waals surface area contributed by atoms with E-state index in [0.29, 0.717) is 32.2 Å². The van der Waals surface area contributed by atoms with Crippen LogP contribution in [0.1, 0.15) is 5.56 Å². The Morgan fingerprint density at radius 2 is 1.65 bits per heavy atom. The van der Waals surface area contributed by atoms with Gasteiger partial charge in [-0.25, -0.2) is 8.78 Å². The van der Waals surface area contributed by atoms with Crippen molar-refractivity contribution in [1.29, 1.82) is 0 Å². The van der Waals surface area contributed by atoms with Crippen molar-refractivity contribution in [2.24, 2.45) is 0 Å². The third kappa shape index (κ3) is 4.43. The SMILES string of the molecule is O=C(Nc1ccc(F)cc1F)C(=O)N1CCN(Cc2ccccc2)CC1. The van der Waals surface area contributed by atoms with E-state index in [4.69, 9.17) is 0 Å². The fourth-order valence-corrected chi connectivity index (χ4v) is 2.86. The zero-order valence-corrected chi connectivity index (χ0v) is 14.1. The molecule has 0 radical (unpaired) electrons. The monoisotopic (exact) mass is 359 g/mol. The quantitative estimate of drug-likeness (QED) is 0.856. The van der Waals surface area contributed by atoms with Crippen molar-refractivity contribution in [1.82, 2.24) is 9.80 Å². The fraction of sp³-hybridized carbons (Fsp3) is 0.263. The number of anilines is 1. The van der Waals surface area contributed by atoms with Crippen LogP contribution < -0.4 is 5.32 Å². The van der Waals surface area contributed by atoms with Crippen LogP contribution in [0.5, 0.6) is 0 Å². The van der Waals surface area contributed by atoms with E-state index in [-0.39, 0.29) is 5.69 Å². The molecule has 0 unspecified atom stereocenters. The summed E-state index contributed by atoms with van der Waals surface area (Å²) in [7, 11) is 0. The molecule has 0 saturated carbocycles. The molecular formula is C19H19F2N3O2. The number of carbonyl (C=O) groups excluding carboxylic acids is 2. The van der Waals surface area contributed by atoms with Crippen molar-refractivity contribution >= 4 is 17.5 Å². The van der Waals surface area contributed by atoms with Crippen LogP contribution in [0.4, 0.5) is 14.5 Å². The molecule has 0 aromatic heterocycles. The van der Waals surface area contributed by atoms with Crippen molar-refractivity contribution in [3.05, 3.63) is 65.7 Å². The van der Waals surface area contributed by atoms with Gasteiger partial charge in [0.05, 0.1) is 5.69 Å². The number of halogens is 2. The van der Waals surface area contributed by atoms with Crippen molar-refractivity contribution in [3.8, 4) is 0 Å². The Kier molecular flexibility index (Phi) is 5.58. The molecule has 0 aliphatic carbocycles. The summed E-state index contributed by atoms with van der Waals surface area (Å²) in [6.45, 7) is 2.93. The predicted octanol–water partition coefficient (Wildman–Crippen LogP) is 2.25. The lowest BCUT2D eigenvalue weighted by Gasteiger charge is -2.34. The topological polar surface area (TPSA) is 52.7 Å². The third-order valence-corrected chi connectivity index (χ3v) is 4.28. The fourth-order valence-electron chi connectivity index (χ4n) is 2.86. The molecular weight excluding hydrogens is 340 g/mol. The minimum absolute atomic E-state index is 0.215. The van der Waals surface area contributed by atoms with Crippen LogP contribution in [0.15, 0.2) is 48.5 Å². The van der Waals surface area contributed by atoms with E-state index in [2.05, 4.69) is 10.2 Å². The van der Waals surface area contributed by atoms with Gasteiger partial charge in [0.1, 0.15) is 11.6 Å². The summed E-state index contributed by atoms with van der Waals surface area (Å²) in [6, 6.07) is 12.8. The number of hydrogen-bond acceptors (Lipinski definition) is 3. The molecule has 1 aliphatic heterocycles. The highest BCUT2D eigenvalue weighted by Gasteiger charge is 2.26. The molecule has 1 aliphatic rings. The van der Waals surface area contributed by atoms with Gasteiger partial charge in [-0.3, -0.25) is 14.5 Å². The van der Waals surface area contributed by atoms with Crippen LogP contribution in [0, 0.1) is 11.6 Å². The molecule has 1 heterocycles. The molecule has 0 spiro atoms. The van der Waals surface area contributed by atoms with Gasteiger partial charge in [0.15, 0.2) is 0 Å². The average Bonchev–Trinajstić information content (AvgIpc) is 2.65. The summed E-state index contributed by atoms with van der Waals surface area (Å²) in [5, 5.41) is 2.20. The predicted molar refractivity (Wildman–Crippen MR) is 93.3 cm³/mol. The Labute approximate surface area is 150 Å². The van der Waals surface area contributed by atoms with Crippen LogP contribution >= 0.6 is 0 Å². The first-order valence-electron chi connectivity index (χ1n) is 8.34. The smallest absolute Gasteiger partial charge is 0.313 e. The maximum Gasteiger partial charge on any atom is 0.313 e. The largest absolute Gasteiger partial charge is 0.332 e. The maximum absolute atomic E-state index is 13.6. The average molecular weight is 359 g/mol. The maximum atomic E-state index is 13.6. The summed E-state index contributed by atoms with van der Waals surface area (Å²) >= 11 is 0. The first kappa shape index (κ1) is 18.0. The van der Waals surface area contributed by atoms with Gasteiger partial charge in [-0.2, -0.15) is 0 Å². The highest BCUT2D eigenvalue weighted by atomic mass is 19.1. The minimum atomic E-state index is -0.924. The standard InChI is InChI=1S/C19H19F2N3O2/c20-15-6-7-17(16(21)12-15)22-18(25)19(26)24-10-8-23(9-11-24)13-14-4-2-1-3-5-14/h1-7,12H,8-11,13H2,(H,22,25). The summed E-state index contributed by atoms with van der Waals surface area (Å²) in [5.74, 6) is -3.31. The normalized spacial score (nSPS) is 14.9. The number of nitrogens with one attached hydrogen (secondary N) is 1. The van der Waals surface area contributed by atoms with Crippen molar-refractivity contribution in [2.45, 2.75) is 6.54 Å². The second kappa shape index (κ2) is 8.05. The molecule has 0 bridgehead atoms. The molecule has 1 N–H and O–H groups in total. The highest BCUT2D eigenvalue weighted by Crippen LogP contribution is 2.15. The number of nitrogens with zero attached hydrogens (tertiary/aromatic N) is 2. The number of rotatable bonds is 3. The van der Waals surface area contributed by atoms with Crippen LogP contribution in [0.25, 0.3) is 0 Å². The van der Waals surface area contributed by atoms with Gasteiger partial charge in [-0.15, -0.1) is 0 Å². The molecule has 26 heavy (non-hydrogen) atoms. The van der Waals surface area contributed by atoms with Gasteiger partial charge < -0.3 is 10.2 Å². The molecule has 7 heteroatoms. The minimum Gasteiger partial charge on any atom is -0.332 e. The highest BCUT2D eigenvalue weighted by molar-refractivity contribution is 6.39. The van der Waals surface area contributed by atoms with Crippen LogP contribution in [0.3, 0.4) is 0 Å². The number of piperazine rings is 1. The summed E-state index contributed by atoms with van der Waals surface area (Å²) in [5.41, 5.74) is 0.976. The van der Waals surface area contributed by atoms with E-state index in [0.717, 1.165) is 18.7 Å². The van der Waals surface area contributed by atoms with E-state index in [1.54, 1.807) is 0 Å². The third-order valence-electron chi connectivity index (χ3n) is 4.28. The summed E-state index contributed by atoms with van der Waals surface area (Å²) in [6.07, 6.45) is 0. The Morgan fingerprint density at radius 1 is 0.962 bits per heavy atom. The second-order valence-corrected chi connectivity index (χ2v) is 6.13. The Morgan fingerprint density at radius 3 is 2.31 bits per heavy atom. The lowest BCUT2D eigenvalue weighted by molar-refractivity contribution is -0.144. The van der Waals surface area contributed by atoms with Gasteiger partial charge in [-0.1, -0.05) is 30.3 Å². The van der Waals surface area contributed by atoms with E-state index >= 15 is 0 Å². The molecule has 0 atom stereocenters. The molecule has 136 valence electrons. The Bertz CT molecular complexity index is 791. The number of amides is 2. The second-order valence-electron chi connectivity index (χ2n) is 6.13. The van der Waals surface area contributed by atoms with Crippen molar-refractivity contribution in [2.75, 3.05) is 31.5 Å². The molecule has 1 saturated heterocycles. The van der Waals surface area contributed by atoms with Gasteiger partial charge in [0, 0.05) is 38.8 Å². The Hall–Kier alpha value is -2.80. The van der Waals surface area contributed by atoms with E-state index in [1.165, 1.54) is 10.5 Å². The molecule has 2 aromatic carbocycles. The molecule has 3 rings (SSSR count). The number of carbonyl (C=O) groups is 2. The van der Waals surface area contributed by atoms with Gasteiger partial charge in [0.25, 0.3) is 0 Å². The van der Waals surface area contributed by atoms with Crippen LogP contribution in [-0.2, 0) is 16.1 Å². The molecule has 1 fully saturated rings. The first-order valence-corrected chi connectivity index (χ1v) is 8.34. The number of hydrogen-bond donors (Lipinski definition) is 1. The van der Waals surface area contributed by atoms with Crippen LogP contribution in [0.2, 0.25) is 0 Å². The van der Waals surface area contributed by atoms with Crippen molar-refractivity contribution in [3.63, 3.8) is 0 Å². The number of benzene rings is 2. The summed E-state index contributed by atoms with van der Waals surface area (Å²) < 4.78 is 26.5. The van der Waals surface area contributed by atoms with Gasteiger partial charge >= 0.3 is 11.8 Å². The van der Waals surface area contributed by atoms with Crippen molar-refractivity contribution < 1.29 is 18.4 Å². The molecule has 2 aromatic rings. The zero-order chi connectivity index (χ0) is 18.5. The van der Waals surface area contributed by atoms with E-state index in [1.807, 2.05) is 30.3 Å². The summed E-state index contributed by atoms with van der Waals surface area (Å²) in [4.78, 5) is 27.9. The zero-order valence-electron chi connectivity index (χ0n) is 14.1. The Balaban J connectivity index is 1.52. The van der Waals surface area contributed by atoms with Crippen LogP contribution in [-0.4, -0.2) is 47.8 Å². The molecule has 5 nitrogen and oxygen atoms in total. The van der Waals surface area contributed by atoms with Gasteiger partial charge in [0.2, 0.25) is 0 Å². The molecule has 2 amide bonds. The van der Waals surface area contributed by atoms with E-state index in [9.17, 15) is 18.4 Å².